The third-order valence-electron chi connectivity index (χ3n) is 5.10. The minimum absolute atomic E-state index is 0.00939. The summed E-state index contributed by atoms with van der Waals surface area (Å²) in [7, 11) is -3.61. The first-order valence-corrected chi connectivity index (χ1v) is 11.7. The van der Waals surface area contributed by atoms with Gasteiger partial charge in [-0.1, -0.05) is 13.8 Å². The molecule has 0 aromatic heterocycles. The van der Waals surface area contributed by atoms with Crippen LogP contribution in [0.1, 0.15) is 26.7 Å². The van der Waals surface area contributed by atoms with Crippen LogP contribution < -0.4 is 14.8 Å². The number of sulfonamides is 1. The van der Waals surface area contributed by atoms with Gasteiger partial charge in [-0.3, -0.25) is 9.69 Å². The molecular formula is C20H31N3O5S. The molecule has 0 radical (unpaired) electrons. The van der Waals surface area contributed by atoms with Crippen LogP contribution in [0.4, 0.5) is 0 Å². The smallest absolute Gasteiger partial charge is 0.243 e. The zero-order valence-corrected chi connectivity index (χ0v) is 18.0. The van der Waals surface area contributed by atoms with E-state index in [1.165, 1.54) is 4.31 Å². The summed E-state index contributed by atoms with van der Waals surface area (Å²) in [6.45, 7) is 8.06. The van der Waals surface area contributed by atoms with Crippen molar-refractivity contribution in [3.8, 4) is 11.5 Å². The highest BCUT2D eigenvalue weighted by Crippen LogP contribution is 2.33. The highest BCUT2D eigenvalue weighted by Gasteiger charge is 2.30. The maximum absolute atomic E-state index is 13.0. The van der Waals surface area contributed by atoms with Gasteiger partial charge in [0, 0.05) is 45.2 Å². The molecule has 0 aliphatic carbocycles. The fraction of sp³-hybridized carbons (Fsp3) is 0.650. The van der Waals surface area contributed by atoms with Gasteiger partial charge in [0.05, 0.1) is 24.7 Å². The van der Waals surface area contributed by atoms with Crippen LogP contribution in [-0.2, 0) is 14.8 Å². The van der Waals surface area contributed by atoms with Crippen molar-refractivity contribution in [3.05, 3.63) is 18.2 Å². The largest absolute Gasteiger partial charge is 0.490 e. The molecule has 1 aromatic carbocycles. The lowest BCUT2D eigenvalue weighted by Gasteiger charge is -2.33. The van der Waals surface area contributed by atoms with Crippen LogP contribution >= 0.6 is 0 Å². The molecule has 2 aliphatic heterocycles. The van der Waals surface area contributed by atoms with Gasteiger partial charge in [-0.25, -0.2) is 8.42 Å². The average molecular weight is 426 g/mol. The fourth-order valence-electron chi connectivity index (χ4n) is 3.34. The molecule has 8 nitrogen and oxygen atoms in total. The first kappa shape index (κ1) is 21.9. The van der Waals surface area contributed by atoms with Gasteiger partial charge < -0.3 is 14.8 Å². The number of piperazine rings is 1. The predicted molar refractivity (Wildman–Crippen MR) is 110 cm³/mol. The molecule has 2 heterocycles. The number of rotatable bonds is 7. The molecular weight excluding hydrogens is 394 g/mol. The maximum Gasteiger partial charge on any atom is 0.243 e. The van der Waals surface area contributed by atoms with E-state index < -0.39 is 10.0 Å². The van der Waals surface area contributed by atoms with E-state index >= 15 is 0 Å². The lowest BCUT2D eigenvalue weighted by molar-refractivity contribution is -0.122. The Morgan fingerprint density at radius 2 is 1.79 bits per heavy atom. The van der Waals surface area contributed by atoms with Crippen molar-refractivity contribution in [3.63, 3.8) is 0 Å². The van der Waals surface area contributed by atoms with Crippen molar-refractivity contribution >= 4 is 15.9 Å². The number of carbonyl (C=O) groups is 1. The van der Waals surface area contributed by atoms with E-state index in [1.54, 1.807) is 18.2 Å². The topological polar surface area (TPSA) is 88.2 Å². The Hall–Kier alpha value is -1.84. The lowest BCUT2D eigenvalue weighted by Crippen LogP contribution is -2.51. The second-order valence-corrected chi connectivity index (χ2v) is 9.81. The highest BCUT2D eigenvalue weighted by atomic mass is 32.2. The molecule has 1 N–H and O–H groups in total. The maximum atomic E-state index is 13.0. The van der Waals surface area contributed by atoms with Crippen molar-refractivity contribution in [2.24, 2.45) is 5.92 Å². The number of hydrogen-bond acceptors (Lipinski definition) is 6. The SMILES string of the molecule is CC(C)CCNC(=O)CN1CCN(S(=O)(=O)c2ccc3c(c2)OCCCO3)CC1. The minimum atomic E-state index is -3.61. The Kier molecular flexibility index (Phi) is 7.37. The Balaban J connectivity index is 1.54. The van der Waals surface area contributed by atoms with Crippen LogP contribution in [0.5, 0.6) is 11.5 Å². The first-order chi connectivity index (χ1) is 13.9. The van der Waals surface area contributed by atoms with Crippen molar-refractivity contribution in [1.29, 1.82) is 0 Å². The summed E-state index contributed by atoms with van der Waals surface area (Å²) in [5.41, 5.74) is 0. The molecule has 1 fully saturated rings. The number of benzene rings is 1. The van der Waals surface area contributed by atoms with Gasteiger partial charge in [0.1, 0.15) is 0 Å². The number of amides is 1. The molecule has 0 bridgehead atoms. The van der Waals surface area contributed by atoms with Crippen LogP contribution in [0, 0.1) is 5.92 Å². The number of nitrogens with one attached hydrogen (secondary N) is 1. The third kappa shape index (κ3) is 5.83. The van der Waals surface area contributed by atoms with Gasteiger partial charge in [-0.15, -0.1) is 0 Å². The standard InChI is InChI=1S/C20H31N3O5S/c1-16(2)6-7-21-20(24)15-22-8-10-23(11-9-22)29(25,26)17-4-5-18-19(14-17)28-13-3-12-27-18/h4-5,14,16H,3,6-13,15H2,1-2H3,(H,21,24). The Morgan fingerprint density at radius 3 is 2.48 bits per heavy atom. The summed E-state index contributed by atoms with van der Waals surface area (Å²) in [5.74, 6) is 1.59. The molecule has 0 spiro atoms. The number of carbonyl (C=O) groups excluding carboxylic acids is 1. The molecule has 0 saturated carbocycles. The molecule has 1 amide bonds. The summed E-state index contributed by atoms with van der Waals surface area (Å²) in [4.78, 5) is 14.2. The van der Waals surface area contributed by atoms with Crippen LogP contribution in [0.25, 0.3) is 0 Å². The van der Waals surface area contributed by atoms with E-state index in [0.717, 1.165) is 12.8 Å². The van der Waals surface area contributed by atoms with Crippen LogP contribution in [0.2, 0.25) is 0 Å². The van der Waals surface area contributed by atoms with Crippen molar-refractivity contribution in [1.82, 2.24) is 14.5 Å². The van der Waals surface area contributed by atoms with Crippen LogP contribution in [0.3, 0.4) is 0 Å². The molecule has 1 aromatic rings. The molecule has 0 atom stereocenters. The second-order valence-electron chi connectivity index (χ2n) is 7.87. The molecule has 0 unspecified atom stereocenters. The van der Waals surface area contributed by atoms with Gasteiger partial charge in [-0.2, -0.15) is 4.31 Å². The van der Waals surface area contributed by atoms with Gasteiger partial charge in [0.15, 0.2) is 11.5 Å². The zero-order valence-electron chi connectivity index (χ0n) is 17.2. The van der Waals surface area contributed by atoms with E-state index in [2.05, 4.69) is 19.2 Å². The molecule has 29 heavy (non-hydrogen) atoms. The fourth-order valence-corrected chi connectivity index (χ4v) is 4.78. The normalized spacial score (nSPS) is 18.4. The van der Waals surface area contributed by atoms with E-state index in [1.807, 2.05) is 4.90 Å². The molecule has 162 valence electrons. The van der Waals surface area contributed by atoms with Gasteiger partial charge in [-0.05, 0) is 24.5 Å². The van der Waals surface area contributed by atoms with E-state index in [4.69, 9.17) is 9.47 Å². The Labute approximate surface area is 173 Å². The minimum Gasteiger partial charge on any atom is -0.490 e. The van der Waals surface area contributed by atoms with E-state index in [-0.39, 0.29) is 10.8 Å². The van der Waals surface area contributed by atoms with Gasteiger partial charge in [0.2, 0.25) is 15.9 Å². The zero-order chi connectivity index (χ0) is 20.9. The number of hydrogen-bond donors (Lipinski definition) is 1. The molecule has 9 heteroatoms. The number of nitrogens with zero attached hydrogens (tertiary/aromatic N) is 2. The number of ether oxygens (including phenoxy) is 2. The van der Waals surface area contributed by atoms with Crippen molar-refractivity contribution < 1.29 is 22.7 Å². The summed E-state index contributed by atoms with van der Waals surface area (Å²) in [6, 6.07) is 4.77. The second kappa shape index (κ2) is 9.77. The third-order valence-corrected chi connectivity index (χ3v) is 6.99. The van der Waals surface area contributed by atoms with Crippen LogP contribution in [0.15, 0.2) is 23.1 Å². The first-order valence-electron chi connectivity index (χ1n) is 10.2. The van der Waals surface area contributed by atoms with Crippen molar-refractivity contribution in [2.75, 3.05) is 52.5 Å². The number of fused-ring (bicyclic) bond motifs is 1. The molecule has 3 rings (SSSR count). The summed E-state index contributed by atoms with van der Waals surface area (Å²) < 4.78 is 38.7. The van der Waals surface area contributed by atoms with E-state index in [9.17, 15) is 13.2 Å². The van der Waals surface area contributed by atoms with Crippen LogP contribution in [-0.4, -0.2) is 76.0 Å². The lowest BCUT2D eigenvalue weighted by atomic mass is 10.1. The quantitative estimate of drug-likeness (QED) is 0.709. The van der Waals surface area contributed by atoms with Crippen molar-refractivity contribution in [2.45, 2.75) is 31.6 Å². The average Bonchev–Trinajstić information content (AvgIpc) is 2.93. The van der Waals surface area contributed by atoms with Gasteiger partial charge in [0.25, 0.3) is 0 Å². The van der Waals surface area contributed by atoms with E-state index in [0.29, 0.717) is 69.9 Å². The van der Waals surface area contributed by atoms with Gasteiger partial charge >= 0.3 is 0 Å². The Morgan fingerprint density at radius 1 is 1.10 bits per heavy atom. The monoisotopic (exact) mass is 425 g/mol. The molecule has 1 saturated heterocycles. The summed E-state index contributed by atoms with van der Waals surface area (Å²) in [6.07, 6.45) is 1.72. The highest BCUT2D eigenvalue weighted by molar-refractivity contribution is 7.89. The Bertz CT molecular complexity index is 804. The molecule has 2 aliphatic rings. The summed E-state index contributed by atoms with van der Waals surface area (Å²) >= 11 is 0. The predicted octanol–water partition coefficient (Wildman–Crippen LogP) is 1.32. The summed E-state index contributed by atoms with van der Waals surface area (Å²) in [5, 5.41) is 2.92.